The summed E-state index contributed by atoms with van der Waals surface area (Å²) >= 11 is 0. The zero-order valence-corrected chi connectivity index (χ0v) is 16.6. The average Bonchev–Trinajstić information content (AvgIpc) is 2.78. The highest BCUT2D eigenvalue weighted by Gasteiger charge is 2.52. The standard InChI is InChI=1S/C22H21FO8/c1-13(25)28-17-16(12-24)29-20(23)19(31-22(27)15-10-6-3-7-11-15)18(17)30-21(26)14-8-4-2-5-9-14/h2-11,16-20,24H,12H2,1H3/t16-,17-,18+,19-,20-/m1/s1. The summed E-state index contributed by atoms with van der Waals surface area (Å²) in [5.74, 6) is -2.52. The summed E-state index contributed by atoms with van der Waals surface area (Å²) in [6.07, 6.45) is -8.29. The van der Waals surface area contributed by atoms with Crippen LogP contribution < -0.4 is 0 Å². The highest BCUT2D eigenvalue weighted by molar-refractivity contribution is 5.90. The van der Waals surface area contributed by atoms with Gasteiger partial charge in [0.15, 0.2) is 18.3 Å². The molecule has 31 heavy (non-hydrogen) atoms. The summed E-state index contributed by atoms with van der Waals surface area (Å²) in [6, 6.07) is 15.6. The normalized spacial score (nSPS) is 25.3. The molecule has 0 amide bonds. The van der Waals surface area contributed by atoms with Crippen LogP contribution in [-0.2, 0) is 23.7 Å². The first-order chi connectivity index (χ1) is 14.9. The molecule has 1 aliphatic heterocycles. The molecular weight excluding hydrogens is 411 g/mol. The molecule has 1 saturated heterocycles. The third kappa shape index (κ3) is 5.44. The molecule has 0 aromatic heterocycles. The second-order valence-electron chi connectivity index (χ2n) is 6.75. The molecule has 0 saturated carbocycles. The molecular formula is C22H21FO8. The molecule has 0 spiro atoms. The van der Waals surface area contributed by atoms with Gasteiger partial charge in [0.2, 0.25) is 6.36 Å². The van der Waals surface area contributed by atoms with Gasteiger partial charge >= 0.3 is 17.9 Å². The maximum Gasteiger partial charge on any atom is 0.338 e. The van der Waals surface area contributed by atoms with E-state index < -0.39 is 55.3 Å². The lowest BCUT2D eigenvalue weighted by atomic mass is 9.98. The van der Waals surface area contributed by atoms with Crippen molar-refractivity contribution in [1.82, 2.24) is 0 Å². The quantitative estimate of drug-likeness (QED) is 0.546. The molecule has 164 valence electrons. The topological polar surface area (TPSA) is 108 Å². The predicted octanol–water partition coefficient (Wildman–Crippen LogP) is 2.06. The first-order valence-corrected chi connectivity index (χ1v) is 9.50. The van der Waals surface area contributed by atoms with Crippen molar-refractivity contribution in [1.29, 1.82) is 0 Å². The number of carbonyl (C=O) groups excluding carboxylic acids is 3. The molecule has 3 rings (SSSR count). The van der Waals surface area contributed by atoms with Crippen LogP contribution in [0.2, 0.25) is 0 Å². The molecule has 1 heterocycles. The number of esters is 3. The predicted molar refractivity (Wildman–Crippen MR) is 104 cm³/mol. The molecule has 9 heteroatoms. The molecule has 2 aromatic carbocycles. The minimum absolute atomic E-state index is 0.135. The van der Waals surface area contributed by atoms with E-state index in [4.69, 9.17) is 18.9 Å². The van der Waals surface area contributed by atoms with Gasteiger partial charge in [0.1, 0.15) is 6.10 Å². The van der Waals surface area contributed by atoms with E-state index in [2.05, 4.69) is 0 Å². The van der Waals surface area contributed by atoms with Crippen LogP contribution in [0.5, 0.6) is 0 Å². The molecule has 2 aromatic rings. The summed E-state index contributed by atoms with van der Waals surface area (Å²) in [4.78, 5) is 36.7. The van der Waals surface area contributed by atoms with Gasteiger partial charge in [0.25, 0.3) is 0 Å². The number of rotatable bonds is 6. The molecule has 8 nitrogen and oxygen atoms in total. The first kappa shape index (κ1) is 22.4. The number of aliphatic hydroxyl groups is 1. The number of aliphatic hydroxyl groups excluding tert-OH is 1. The number of carbonyl (C=O) groups is 3. The number of hydrogen-bond acceptors (Lipinski definition) is 8. The van der Waals surface area contributed by atoms with Gasteiger partial charge in [-0.15, -0.1) is 0 Å². The monoisotopic (exact) mass is 432 g/mol. The highest BCUT2D eigenvalue weighted by atomic mass is 19.1. The fourth-order valence-corrected chi connectivity index (χ4v) is 3.14. The van der Waals surface area contributed by atoms with Crippen LogP contribution in [-0.4, -0.2) is 60.4 Å². The molecule has 1 aliphatic rings. The molecule has 0 radical (unpaired) electrons. The van der Waals surface area contributed by atoms with Gasteiger partial charge < -0.3 is 24.1 Å². The van der Waals surface area contributed by atoms with Crippen LogP contribution in [0.25, 0.3) is 0 Å². The minimum atomic E-state index is -2.25. The third-order valence-electron chi connectivity index (χ3n) is 4.56. The van der Waals surface area contributed by atoms with Gasteiger partial charge in [-0.05, 0) is 24.3 Å². The summed E-state index contributed by atoms with van der Waals surface area (Å²) in [5, 5.41) is 9.58. The van der Waals surface area contributed by atoms with Crippen LogP contribution >= 0.6 is 0 Å². The Bertz CT molecular complexity index is 904. The second-order valence-corrected chi connectivity index (χ2v) is 6.75. The first-order valence-electron chi connectivity index (χ1n) is 9.50. The lowest BCUT2D eigenvalue weighted by molar-refractivity contribution is -0.266. The van der Waals surface area contributed by atoms with Crippen LogP contribution in [0.4, 0.5) is 4.39 Å². The van der Waals surface area contributed by atoms with Crippen LogP contribution in [0.1, 0.15) is 27.6 Å². The van der Waals surface area contributed by atoms with Gasteiger partial charge in [-0.1, -0.05) is 36.4 Å². The second kappa shape index (κ2) is 10.1. The molecule has 0 unspecified atom stereocenters. The fraction of sp³-hybridized carbons (Fsp3) is 0.318. The lowest BCUT2D eigenvalue weighted by Gasteiger charge is -2.41. The number of hydrogen-bond donors (Lipinski definition) is 1. The molecule has 1 N–H and O–H groups in total. The van der Waals surface area contributed by atoms with Crippen molar-refractivity contribution in [2.24, 2.45) is 0 Å². The van der Waals surface area contributed by atoms with E-state index >= 15 is 0 Å². The van der Waals surface area contributed by atoms with Crippen molar-refractivity contribution in [2.75, 3.05) is 6.61 Å². The van der Waals surface area contributed by atoms with Crippen molar-refractivity contribution < 1.29 is 42.8 Å². The number of halogens is 1. The molecule has 5 atom stereocenters. The van der Waals surface area contributed by atoms with E-state index in [0.717, 1.165) is 6.92 Å². The summed E-state index contributed by atoms with van der Waals surface area (Å²) in [7, 11) is 0. The van der Waals surface area contributed by atoms with E-state index in [1.807, 2.05) is 0 Å². The van der Waals surface area contributed by atoms with E-state index in [9.17, 15) is 23.9 Å². The number of alkyl halides is 1. The number of ether oxygens (including phenoxy) is 4. The van der Waals surface area contributed by atoms with Crippen LogP contribution in [0.3, 0.4) is 0 Å². The van der Waals surface area contributed by atoms with Crippen molar-refractivity contribution in [2.45, 2.75) is 37.7 Å². The van der Waals surface area contributed by atoms with Crippen molar-refractivity contribution in [3.63, 3.8) is 0 Å². The van der Waals surface area contributed by atoms with Crippen molar-refractivity contribution >= 4 is 17.9 Å². The SMILES string of the molecule is CC(=O)O[C@H]1[C@H](OC(=O)c2ccccc2)[C@@H](OC(=O)c2ccccc2)[C@H](F)O[C@@H]1CO. The average molecular weight is 432 g/mol. The molecule has 1 fully saturated rings. The smallest absolute Gasteiger partial charge is 0.338 e. The van der Waals surface area contributed by atoms with E-state index in [-0.39, 0.29) is 11.1 Å². The highest BCUT2D eigenvalue weighted by Crippen LogP contribution is 2.30. The third-order valence-corrected chi connectivity index (χ3v) is 4.56. The Hall–Kier alpha value is -3.30. The van der Waals surface area contributed by atoms with Gasteiger partial charge in [-0.25, -0.2) is 14.0 Å². The maximum absolute atomic E-state index is 14.8. The van der Waals surface area contributed by atoms with Crippen molar-refractivity contribution in [3.05, 3.63) is 71.8 Å². The van der Waals surface area contributed by atoms with Gasteiger partial charge in [-0.3, -0.25) is 4.79 Å². The van der Waals surface area contributed by atoms with Crippen LogP contribution in [0, 0.1) is 0 Å². The summed E-state index contributed by atoms with van der Waals surface area (Å²) in [5.41, 5.74) is 0.288. The molecule has 0 bridgehead atoms. The minimum Gasteiger partial charge on any atom is -0.456 e. The van der Waals surface area contributed by atoms with Crippen LogP contribution in [0.15, 0.2) is 60.7 Å². The Morgan fingerprint density at radius 2 is 1.32 bits per heavy atom. The summed E-state index contributed by atoms with van der Waals surface area (Å²) < 4.78 is 35.7. The van der Waals surface area contributed by atoms with E-state index in [0.29, 0.717) is 0 Å². The fourth-order valence-electron chi connectivity index (χ4n) is 3.14. The Morgan fingerprint density at radius 1 is 0.839 bits per heavy atom. The summed E-state index contributed by atoms with van der Waals surface area (Å²) in [6.45, 7) is 0.369. The Kier molecular flexibility index (Phi) is 7.32. The lowest BCUT2D eigenvalue weighted by Crippen LogP contribution is -2.61. The maximum atomic E-state index is 14.8. The Morgan fingerprint density at radius 3 is 1.77 bits per heavy atom. The largest absolute Gasteiger partial charge is 0.456 e. The van der Waals surface area contributed by atoms with Gasteiger partial charge in [-0.2, -0.15) is 0 Å². The molecule has 0 aliphatic carbocycles. The number of benzene rings is 2. The van der Waals surface area contributed by atoms with Gasteiger partial charge in [0, 0.05) is 6.92 Å². The van der Waals surface area contributed by atoms with E-state index in [1.165, 1.54) is 24.3 Å². The van der Waals surface area contributed by atoms with Gasteiger partial charge in [0.05, 0.1) is 17.7 Å². The Balaban J connectivity index is 1.91. The van der Waals surface area contributed by atoms with Crippen molar-refractivity contribution in [3.8, 4) is 0 Å². The zero-order chi connectivity index (χ0) is 22.4. The van der Waals surface area contributed by atoms with E-state index in [1.54, 1.807) is 36.4 Å². The zero-order valence-electron chi connectivity index (χ0n) is 16.6. The Labute approximate surface area is 177 Å².